The van der Waals surface area contributed by atoms with Gasteiger partial charge in [-0.25, -0.2) is 0 Å². The van der Waals surface area contributed by atoms with Gasteiger partial charge in [-0.05, 0) is 64.8 Å². The van der Waals surface area contributed by atoms with E-state index in [-0.39, 0.29) is 0 Å². The Morgan fingerprint density at radius 3 is 2.61 bits per heavy atom. The van der Waals surface area contributed by atoms with Crippen LogP contribution >= 0.6 is 0 Å². The van der Waals surface area contributed by atoms with Crippen molar-refractivity contribution in [1.29, 1.82) is 0 Å². The van der Waals surface area contributed by atoms with Gasteiger partial charge in [-0.1, -0.05) is 0 Å². The van der Waals surface area contributed by atoms with Gasteiger partial charge in [0.25, 0.3) is 0 Å². The van der Waals surface area contributed by atoms with E-state index in [2.05, 4.69) is 22.2 Å². The van der Waals surface area contributed by atoms with Gasteiger partial charge in [-0.2, -0.15) is 0 Å². The highest BCUT2D eigenvalue weighted by atomic mass is 15.1. The molecule has 0 aliphatic carbocycles. The van der Waals surface area contributed by atoms with Crippen LogP contribution in [0.2, 0.25) is 0 Å². The molecule has 0 aromatic carbocycles. The molecule has 1 unspecified atom stereocenters. The fourth-order valence-electron chi connectivity index (χ4n) is 3.26. The van der Waals surface area contributed by atoms with Crippen molar-refractivity contribution >= 4 is 0 Å². The third-order valence-electron chi connectivity index (χ3n) is 4.47. The number of nitrogens with zero attached hydrogens (tertiary/aromatic N) is 2. The quantitative estimate of drug-likeness (QED) is 0.743. The van der Waals surface area contributed by atoms with Gasteiger partial charge in [0.05, 0.1) is 0 Å². The summed E-state index contributed by atoms with van der Waals surface area (Å²) in [4.78, 5) is 4.95. The van der Waals surface area contributed by atoms with Crippen LogP contribution in [0.3, 0.4) is 0 Å². The SMILES string of the molecule is CN1CCCC(NCC2CCN(CCN)CC2)C1. The molecule has 2 rings (SSSR count). The van der Waals surface area contributed by atoms with Crippen LogP contribution in [-0.2, 0) is 0 Å². The molecule has 0 spiro atoms. The second kappa shape index (κ2) is 7.43. The Balaban J connectivity index is 1.60. The molecular formula is C14H30N4. The summed E-state index contributed by atoms with van der Waals surface area (Å²) in [5, 5.41) is 3.78. The van der Waals surface area contributed by atoms with E-state index >= 15 is 0 Å². The summed E-state index contributed by atoms with van der Waals surface area (Å²) < 4.78 is 0. The summed E-state index contributed by atoms with van der Waals surface area (Å²) in [6.45, 7) is 8.09. The van der Waals surface area contributed by atoms with Crippen molar-refractivity contribution in [2.75, 3.05) is 52.9 Å². The van der Waals surface area contributed by atoms with Crippen molar-refractivity contribution in [1.82, 2.24) is 15.1 Å². The standard InChI is InChI=1S/C14H30N4/c1-17-7-2-3-14(12-17)16-11-13-4-8-18(9-5-13)10-6-15/h13-14,16H,2-12,15H2,1H3. The Kier molecular flexibility index (Phi) is 5.89. The average Bonchev–Trinajstić information content (AvgIpc) is 2.38. The second-order valence-corrected chi connectivity index (χ2v) is 6.08. The lowest BCUT2D eigenvalue weighted by Gasteiger charge is -2.34. The molecule has 2 heterocycles. The Morgan fingerprint density at radius 1 is 1.17 bits per heavy atom. The van der Waals surface area contributed by atoms with Crippen LogP contribution in [0.1, 0.15) is 25.7 Å². The topological polar surface area (TPSA) is 44.5 Å². The number of likely N-dealkylation sites (tertiary alicyclic amines) is 2. The van der Waals surface area contributed by atoms with Gasteiger partial charge in [0.2, 0.25) is 0 Å². The normalized spacial score (nSPS) is 28.7. The molecule has 0 bridgehead atoms. The third-order valence-corrected chi connectivity index (χ3v) is 4.47. The summed E-state index contributed by atoms with van der Waals surface area (Å²) in [5.74, 6) is 0.881. The van der Waals surface area contributed by atoms with Crippen LogP contribution in [0.5, 0.6) is 0 Å². The minimum absolute atomic E-state index is 0.728. The average molecular weight is 254 g/mol. The summed E-state index contributed by atoms with van der Waals surface area (Å²) in [5.41, 5.74) is 5.60. The van der Waals surface area contributed by atoms with Crippen LogP contribution in [0, 0.1) is 5.92 Å². The fraction of sp³-hybridized carbons (Fsp3) is 1.00. The molecule has 2 fully saturated rings. The number of rotatable bonds is 5. The Bertz CT molecular complexity index is 226. The van der Waals surface area contributed by atoms with Crippen LogP contribution < -0.4 is 11.1 Å². The predicted octanol–water partition coefficient (Wildman–Crippen LogP) is 0.341. The van der Waals surface area contributed by atoms with Crippen molar-refractivity contribution in [2.24, 2.45) is 11.7 Å². The summed E-state index contributed by atoms with van der Waals surface area (Å²) >= 11 is 0. The molecule has 4 heteroatoms. The van der Waals surface area contributed by atoms with E-state index in [4.69, 9.17) is 5.73 Å². The largest absolute Gasteiger partial charge is 0.329 e. The smallest absolute Gasteiger partial charge is 0.0195 e. The molecule has 0 saturated carbocycles. The molecule has 4 nitrogen and oxygen atoms in total. The van der Waals surface area contributed by atoms with E-state index in [1.807, 2.05) is 0 Å². The Hall–Kier alpha value is -0.160. The maximum Gasteiger partial charge on any atom is 0.0195 e. The monoisotopic (exact) mass is 254 g/mol. The zero-order valence-electron chi connectivity index (χ0n) is 11.9. The number of nitrogens with two attached hydrogens (primary N) is 1. The Morgan fingerprint density at radius 2 is 1.94 bits per heavy atom. The minimum atomic E-state index is 0.728. The zero-order valence-corrected chi connectivity index (χ0v) is 11.9. The first-order valence-electron chi connectivity index (χ1n) is 7.62. The molecule has 2 saturated heterocycles. The van der Waals surface area contributed by atoms with E-state index in [0.29, 0.717) is 0 Å². The molecule has 3 N–H and O–H groups in total. The molecule has 1 atom stereocenters. The first kappa shape index (κ1) is 14.3. The summed E-state index contributed by atoms with van der Waals surface area (Å²) in [7, 11) is 2.24. The van der Waals surface area contributed by atoms with Gasteiger partial charge >= 0.3 is 0 Å². The highest BCUT2D eigenvalue weighted by Gasteiger charge is 2.21. The van der Waals surface area contributed by atoms with Crippen molar-refractivity contribution in [3.8, 4) is 0 Å². The van der Waals surface area contributed by atoms with E-state index in [1.165, 1.54) is 58.4 Å². The zero-order chi connectivity index (χ0) is 12.8. The first-order chi connectivity index (χ1) is 8.78. The highest BCUT2D eigenvalue weighted by molar-refractivity contribution is 4.79. The molecule has 0 aromatic rings. The maximum atomic E-state index is 5.60. The van der Waals surface area contributed by atoms with Gasteiger partial charge in [-0.3, -0.25) is 0 Å². The van der Waals surface area contributed by atoms with E-state index in [0.717, 1.165) is 25.0 Å². The van der Waals surface area contributed by atoms with Crippen LogP contribution in [0.4, 0.5) is 0 Å². The number of nitrogens with one attached hydrogen (secondary N) is 1. The molecule has 2 aliphatic heterocycles. The molecule has 0 amide bonds. The Labute approximate surface area is 112 Å². The van der Waals surface area contributed by atoms with Gasteiger partial charge in [0, 0.05) is 25.7 Å². The molecule has 0 aromatic heterocycles. The predicted molar refractivity (Wildman–Crippen MR) is 76.7 cm³/mol. The fourth-order valence-corrected chi connectivity index (χ4v) is 3.26. The van der Waals surface area contributed by atoms with E-state index < -0.39 is 0 Å². The van der Waals surface area contributed by atoms with E-state index in [9.17, 15) is 0 Å². The van der Waals surface area contributed by atoms with Crippen LogP contribution in [0.15, 0.2) is 0 Å². The molecular weight excluding hydrogens is 224 g/mol. The van der Waals surface area contributed by atoms with Gasteiger partial charge in [0.15, 0.2) is 0 Å². The lowest BCUT2D eigenvalue weighted by molar-refractivity contribution is 0.173. The van der Waals surface area contributed by atoms with Crippen molar-refractivity contribution in [2.45, 2.75) is 31.7 Å². The van der Waals surface area contributed by atoms with Gasteiger partial charge in [-0.15, -0.1) is 0 Å². The minimum Gasteiger partial charge on any atom is -0.329 e. The van der Waals surface area contributed by atoms with E-state index in [1.54, 1.807) is 0 Å². The number of piperidine rings is 2. The number of likely N-dealkylation sites (N-methyl/N-ethyl adjacent to an activating group) is 1. The second-order valence-electron chi connectivity index (χ2n) is 6.08. The van der Waals surface area contributed by atoms with Crippen molar-refractivity contribution in [3.05, 3.63) is 0 Å². The molecule has 2 aliphatic rings. The first-order valence-corrected chi connectivity index (χ1v) is 7.62. The van der Waals surface area contributed by atoms with Gasteiger partial charge in [0.1, 0.15) is 0 Å². The molecule has 0 radical (unpaired) electrons. The lowest BCUT2D eigenvalue weighted by Crippen LogP contribution is -2.46. The van der Waals surface area contributed by atoms with Crippen LogP contribution in [0.25, 0.3) is 0 Å². The molecule has 18 heavy (non-hydrogen) atoms. The summed E-state index contributed by atoms with van der Waals surface area (Å²) in [6, 6.07) is 0.728. The maximum absolute atomic E-state index is 5.60. The summed E-state index contributed by atoms with van der Waals surface area (Å²) in [6.07, 6.45) is 5.39. The number of hydrogen-bond donors (Lipinski definition) is 2. The highest BCUT2D eigenvalue weighted by Crippen LogP contribution is 2.17. The third kappa shape index (κ3) is 4.50. The van der Waals surface area contributed by atoms with Crippen LogP contribution in [-0.4, -0.2) is 68.7 Å². The van der Waals surface area contributed by atoms with Crippen molar-refractivity contribution in [3.63, 3.8) is 0 Å². The molecule has 106 valence electrons. The van der Waals surface area contributed by atoms with Gasteiger partial charge < -0.3 is 20.9 Å². The lowest BCUT2D eigenvalue weighted by atomic mass is 9.96. The number of hydrogen-bond acceptors (Lipinski definition) is 4. The van der Waals surface area contributed by atoms with Crippen molar-refractivity contribution < 1.29 is 0 Å².